The third-order valence-corrected chi connectivity index (χ3v) is 3.60. The lowest BCUT2D eigenvalue weighted by atomic mass is 9.97. The predicted octanol–water partition coefficient (Wildman–Crippen LogP) is 3.44. The molecular formula is C16H14ClN3. The number of hydrazine groups is 1. The molecule has 0 fully saturated rings. The summed E-state index contributed by atoms with van der Waals surface area (Å²) >= 11 is 5.94. The summed E-state index contributed by atoms with van der Waals surface area (Å²) in [5, 5.41) is 1.81. The van der Waals surface area contributed by atoms with Crippen LogP contribution in [0.2, 0.25) is 5.02 Å². The Morgan fingerprint density at radius 1 is 1.00 bits per heavy atom. The van der Waals surface area contributed by atoms with Gasteiger partial charge in [-0.05, 0) is 23.8 Å². The number of nitrogens with two attached hydrogens (primary N) is 1. The van der Waals surface area contributed by atoms with Gasteiger partial charge in [0.25, 0.3) is 0 Å². The van der Waals surface area contributed by atoms with E-state index in [9.17, 15) is 0 Å². The van der Waals surface area contributed by atoms with Gasteiger partial charge in [-0.3, -0.25) is 10.8 Å². The number of rotatable bonds is 3. The molecular weight excluding hydrogens is 270 g/mol. The van der Waals surface area contributed by atoms with Crippen molar-refractivity contribution >= 4 is 22.5 Å². The van der Waals surface area contributed by atoms with Gasteiger partial charge in [-0.25, -0.2) is 5.43 Å². The zero-order valence-corrected chi connectivity index (χ0v) is 11.5. The molecule has 3 rings (SSSR count). The summed E-state index contributed by atoms with van der Waals surface area (Å²) < 4.78 is 0. The van der Waals surface area contributed by atoms with Gasteiger partial charge in [0.1, 0.15) is 0 Å². The van der Waals surface area contributed by atoms with Crippen LogP contribution < -0.4 is 11.3 Å². The van der Waals surface area contributed by atoms with Crippen molar-refractivity contribution in [1.82, 2.24) is 10.4 Å². The fraction of sp³-hybridized carbons (Fsp3) is 0.0625. The molecule has 0 saturated carbocycles. The van der Waals surface area contributed by atoms with Crippen molar-refractivity contribution < 1.29 is 0 Å². The van der Waals surface area contributed by atoms with Crippen LogP contribution in [0.1, 0.15) is 17.2 Å². The summed E-state index contributed by atoms with van der Waals surface area (Å²) in [4.78, 5) is 4.47. The molecule has 3 nitrogen and oxygen atoms in total. The highest BCUT2D eigenvalue weighted by molar-refractivity contribution is 6.30. The van der Waals surface area contributed by atoms with Crippen molar-refractivity contribution in [3.05, 3.63) is 76.9 Å². The molecule has 0 aliphatic rings. The van der Waals surface area contributed by atoms with E-state index < -0.39 is 0 Å². The van der Waals surface area contributed by atoms with Gasteiger partial charge in [-0.2, -0.15) is 0 Å². The van der Waals surface area contributed by atoms with Gasteiger partial charge in [0.05, 0.1) is 11.6 Å². The lowest BCUT2D eigenvalue weighted by Crippen LogP contribution is -2.29. The number of pyridine rings is 1. The van der Waals surface area contributed by atoms with Crippen LogP contribution in [0, 0.1) is 0 Å². The summed E-state index contributed by atoms with van der Waals surface area (Å²) in [6, 6.07) is 17.6. The Labute approximate surface area is 122 Å². The molecule has 0 radical (unpaired) electrons. The summed E-state index contributed by atoms with van der Waals surface area (Å²) in [5.74, 6) is 5.76. The van der Waals surface area contributed by atoms with Crippen molar-refractivity contribution in [2.75, 3.05) is 0 Å². The minimum absolute atomic E-state index is 0.120. The lowest BCUT2D eigenvalue weighted by Gasteiger charge is -2.18. The molecule has 0 aliphatic carbocycles. The molecule has 0 spiro atoms. The van der Waals surface area contributed by atoms with Gasteiger partial charge in [0.2, 0.25) is 0 Å². The quantitative estimate of drug-likeness (QED) is 0.572. The molecule has 3 aromatic rings. The Balaban J connectivity index is 2.14. The van der Waals surface area contributed by atoms with Crippen LogP contribution in [0.25, 0.3) is 10.9 Å². The Kier molecular flexibility index (Phi) is 3.65. The monoisotopic (exact) mass is 283 g/mol. The van der Waals surface area contributed by atoms with Crippen molar-refractivity contribution in [1.29, 1.82) is 0 Å². The Bertz CT molecular complexity index is 720. The molecule has 0 amide bonds. The van der Waals surface area contributed by atoms with E-state index in [1.54, 1.807) is 6.20 Å². The van der Waals surface area contributed by atoms with E-state index in [1.165, 1.54) is 0 Å². The number of para-hydroxylation sites is 1. The summed E-state index contributed by atoms with van der Waals surface area (Å²) in [6.45, 7) is 0. The van der Waals surface area contributed by atoms with Crippen LogP contribution >= 0.6 is 11.6 Å². The first-order valence-corrected chi connectivity index (χ1v) is 6.72. The van der Waals surface area contributed by atoms with Gasteiger partial charge in [-0.15, -0.1) is 0 Å². The molecule has 0 bridgehead atoms. The number of fused-ring (bicyclic) bond motifs is 1. The maximum Gasteiger partial charge on any atom is 0.0753 e. The Morgan fingerprint density at radius 3 is 2.50 bits per heavy atom. The lowest BCUT2D eigenvalue weighted by molar-refractivity contribution is 0.640. The van der Waals surface area contributed by atoms with Gasteiger partial charge in [-0.1, -0.05) is 48.0 Å². The summed E-state index contributed by atoms with van der Waals surface area (Å²) in [5.41, 5.74) is 5.91. The van der Waals surface area contributed by atoms with E-state index in [0.717, 1.165) is 22.0 Å². The van der Waals surface area contributed by atoms with E-state index in [0.29, 0.717) is 5.02 Å². The number of nitrogens with one attached hydrogen (secondary N) is 1. The highest BCUT2D eigenvalue weighted by Gasteiger charge is 2.15. The predicted molar refractivity (Wildman–Crippen MR) is 82.4 cm³/mol. The van der Waals surface area contributed by atoms with Gasteiger partial charge in [0, 0.05) is 22.2 Å². The average molecular weight is 284 g/mol. The minimum Gasteiger partial charge on any atom is -0.271 e. The third kappa shape index (κ3) is 2.39. The van der Waals surface area contributed by atoms with Crippen molar-refractivity contribution in [3.63, 3.8) is 0 Å². The first-order valence-electron chi connectivity index (χ1n) is 6.35. The second-order valence-corrected chi connectivity index (χ2v) is 5.01. The smallest absolute Gasteiger partial charge is 0.0753 e. The molecule has 100 valence electrons. The van der Waals surface area contributed by atoms with E-state index in [2.05, 4.69) is 10.4 Å². The zero-order chi connectivity index (χ0) is 13.9. The normalized spacial score (nSPS) is 12.5. The topological polar surface area (TPSA) is 50.9 Å². The van der Waals surface area contributed by atoms with Crippen LogP contribution in [0.5, 0.6) is 0 Å². The van der Waals surface area contributed by atoms with E-state index >= 15 is 0 Å². The molecule has 20 heavy (non-hydrogen) atoms. The largest absolute Gasteiger partial charge is 0.271 e. The van der Waals surface area contributed by atoms with E-state index in [1.807, 2.05) is 54.6 Å². The second-order valence-electron chi connectivity index (χ2n) is 4.57. The number of benzene rings is 2. The maximum absolute atomic E-state index is 5.94. The fourth-order valence-corrected chi connectivity index (χ4v) is 2.51. The van der Waals surface area contributed by atoms with Crippen LogP contribution in [-0.4, -0.2) is 4.98 Å². The summed E-state index contributed by atoms with van der Waals surface area (Å²) in [7, 11) is 0. The minimum atomic E-state index is -0.120. The molecule has 4 heteroatoms. The third-order valence-electron chi connectivity index (χ3n) is 3.34. The molecule has 1 atom stereocenters. The van der Waals surface area contributed by atoms with Crippen molar-refractivity contribution in [3.8, 4) is 0 Å². The Morgan fingerprint density at radius 2 is 1.75 bits per heavy atom. The first-order chi connectivity index (χ1) is 9.79. The molecule has 0 saturated heterocycles. The number of halogens is 1. The molecule has 1 heterocycles. The molecule has 1 unspecified atom stereocenters. The SMILES string of the molecule is NNC(c1ccc(Cl)cc1)c1cccc2cccnc12. The number of aromatic nitrogens is 1. The van der Waals surface area contributed by atoms with Gasteiger partial charge in [0.15, 0.2) is 0 Å². The average Bonchev–Trinajstić information content (AvgIpc) is 2.50. The molecule has 3 N–H and O–H groups in total. The molecule has 2 aromatic carbocycles. The van der Waals surface area contributed by atoms with Gasteiger partial charge < -0.3 is 0 Å². The van der Waals surface area contributed by atoms with E-state index in [4.69, 9.17) is 17.4 Å². The summed E-state index contributed by atoms with van der Waals surface area (Å²) in [6.07, 6.45) is 1.79. The van der Waals surface area contributed by atoms with Crippen molar-refractivity contribution in [2.45, 2.75) is 6.04 Å². The molecule has 0 aliphatic heterocycles. The van der Waals surface area contributed by atoms with Crippen LogP contribution in [0.3, 0.4) is 0 Å². The maximum atomic E-state index is 5.94. The highest BCUT2D eigenvalue weighted by Crippen LogP contribution is 2.27. The highest BCUT2D eigenvalue weighted by atomic mass is 35.5. The van der Waals surface area contributed by atoms with Gasteiger partial charge >= 0.3 is 0 Å². The first kappa shape index (κ1) is 13.1. The zero-order valence-electron chi connectivity index (χ0n) is 10.8. The number of hydrogen-bond acceptors (Lipinski definition) is 3. The Hall–Kier alpha value is -1.94. The fourth-order valence-electron chi connectivity index (χ4n) is 2.38. The van der Waals surface area contributed by atoms with E-state index in [-0.39, 0.29) is 6.04 Å². The van der Waals surface area contributed by atoms with Crippen LogP contribution in [0.4, 0.5) is 0 Å². The number of nitrogens with zero attached hydrogens (tertiary/aromatic N) is 1. The second kappa shape index (κ2) is 5.59. The molecule has 1 aromatic heterocycles. The number of hydrogen-bond donors (Lipinski definition) is 2. The van der Waals surface area contributed by atoms with Crippen LogP contribution in [0.15, 0.2) is 60.8 Å². The van der Waals surface area contributed by atoms with Crippen molar-refractivity contribution in [2.24, 2.45) is 5.84 Å². The van der Waals surface area contributed by atoms with Crippen LogP contribution in [-0.2, 0) is 0 Å². The standard InChI is InChI=1S/C16H14ClN3/c17-13-8-6-12(7-9-13)16(20-18)14-5-1-3-11-4-2-10-19-15(11)14/h1-10,16,20H,18H2.